The lowest BCUT2D eigenvalue weighted by Crippen LogP contribution is -3.00. The molecule has 0 bridgehead atoms. The normalized spacial score (nSPS) is 20.1. The van der Waals surface area contributed by atoms with Gasteiger partial charge >= 0.3 is 0 Å². The first-order chi connectivity index (χ1) is 10.5. The molecule has 1 heterocycles. The van der Waals surface area contributed by atoms with Gasteiger partial charge in [-0.2, -0.15) is 0 Å². The van der Waals surface area contributed by atoms with Crippen LogP contribution in [0.1, 0.15) is 57.1 Å². The summed E-state index contributed by atoms with van der Waals surface area (Å²) in [5.41, 5.74) is 4.23. The van der Waals surface area contributed by atoms with E-state index < -0.39 is 0 Å². The number of hydrogen-bond donors (Lipinski definition) is 1. The van der Waals surface area contributed by atoms with Crippen LogP contribution in [0.3, 0.4) is 0 Å². The first-order valence-electron chi connectivity index (χ1n) is 8.44. The Bertz CT molecular complexity index is 589. The Morgan fingerprint density at radius 2 is 1.61 bits per heavy atom. The van der Waals surface area contributed by atoms with Crippen molar-refractivity contribution in [2.24, 2.45) is 5.92 Å². The lowest BCUT2D eigenvalue weighted by molar-refractivity contribution is -0.547. The molecular weight excluding hydrogens is 310 g/mol. The Labute approximate surface area is 145 Å². The van der Waals surface area contributed by atoms with Crippen LogP contribution in [-0.4, -0.2) is 25.5 Å². The monoisotopic (exact) mass is 337 g/mol. The fourth-order valence-electron chi connectivity index (χ4n) is 3.98. The van der Waals surface area contributed by atoms with Crippen molar-refractivity contribution >= 4 is 5.71 Å². The van der Waals surface area contributed by atoms with E-state index in [2.05, 4.69) is 31.0 Å². The molecule has 0 aromatic heterocycles. The molecule has 3 nitrogen and oxygen atoms in total. The van der Waals surface area contributed by atoms with E-state index in [1.54, 1.807) is 14.2 Å². The van der Waals surface area contributed by atoms with Crippen molar-refractivity contribution < 1.29 is 26.9 Å². The van der Waals surface area contributed by atoms with Crippen molar-refractivity contribution in [3.8, 4) is 11.5 Å². The summed E-state index contributed by atoms with van der Waals surface area (Å²) in [7, 11) is 3.42. The molecule has 1 fully saturated rings. The molecule has 1 saturated carbocycles. The molecule has 3 rings (SSSR count). The molecule has 2 aliphatic rings. The molecule has 1 aliphatic heterocycles. The van der Waals surface area contributed by atoms with Gasteiger partial charge in [-0.25, -0.2) is 4.99 Å². The van der Waals surface area contributed by atoms with Crippen molar-refractivity contribution in [1.82, 2.24) is 0 Å². The number of nitrogens with one attached hydrogen (secondary N) is 1. The predicted octanol–water partition coefficient (Wildman–Crippen LogP) is -0.507. The minimum atomic E-state index is 0. The zero-order valence-electron chi connectivity index (χ0n) is 14.7. The summed E-state index contributed by atoms with van der Waals surface area (Å²) in [4.78, 5) is 3.83. The van der Waals surface area contributed by atoms with Crippen LogP contribution >= 0.6 is 0 Å². The maximum absolute atomic E-state index is 5.52. The van der Waals surface area contributed by atoms with Crippen LogP contribution < -0.4 is 26.9 Å². The summed E-state index contributed by atoms with van der Waals surface area (Å²) in [6.45, 7) is 4.57. The number of halogens is 1. The maximum atomic E-state index is 5.52. The highest BCUT2D eigenvalue weighted by atomic mass is 35.5. The number of ether oxygens (including phenoxy) is 2. The van der Waals surface area contributed by atoms with Crippen molar-refractivity contribution in [2.45, 2.75) is 57.9 Å². The second-order valence-corrected chi connectivity index (χ2v) is 7.30. The Hall–Kier alpha value is -1.22. The summed E-state index contributed by atoms with van der Waals surface area (Å²) >= 11 is 0. The summed E-state index contributed by atoms with van der Waals surface area (Å²) in [5, 5.41) is 0. The fraction of sp³-hybridized carbons (Fsp3) is 0.632. The molecule has 1 N–H and O–H groups in total. The summed E-state index contributed by atoms with van der Waals surface area (Å²) in [6.07, 6.45) is 7.68. The van der Waals surface area contributed by atoms with E-state index in [9.17, 15) is 0 Å². The largest absolute Gasteiger partial charge is 1.00 e. The fourth-order valence-corrected chi connectivity index (χ4v) is 3.98. The van der Waals surface area contributed by atoms with Gasteiger partial charge < -0.3 is 21.9 Å². The van der Waals surface area contributed by atoms with E-state index in [-0.39, 0.29) is 17.9 Å². The zero-order valence-corrected chi connectivity index (χ0v) is 15.4. The van der Waals surface area contributed by atoms with Crippen LogP contribution in [0.4, 0.5) is 0 Å². The molecule has 4 heteroatoms. The van der Waals surface area contributed by atoms with E-state index in [1.165, 1.54) is 48.9 Å². The molecule has 1 aliphatic carbocycles. The highest BCUT2D eigenvalue weighted by molar-refractivity contribution is 6.00. The van der Waals surface area contributed by atoms with Gasteiger partial charge in [0.15, 0.2) is 22.7 Å². The zero-order chi connectivity index (χ0) is 15.7. The van der Waals surface area contributed by atoms with Crippen LogP contribution in [-0.2, 0) is 6.42 Å². The molecule has 0 unspecified atom stereocenters. The summed E-state index contributed by atoms with van der Waals surface area (Å²) in [6, 6.07) is 4.33. The average molecular weight is 338 g/mol. The lowest BCUT2D eigenvalue weighted by Gasteiger charge is -2.29. The minimum Gasteiger partial charge on any atom is -1.00 e. The minimum absolute atomic E-state index is 0. The Morgan fingerprint density at radius 3 is 2.22 bits per heavy atom. The molecule has 0 atom stereocenters. The van der Waals surface area contributed by atoms with Gasteiger partial charge in [0, 0.05) is 31.7 Å². The number of hydrogen-bond acceptors (Lipinski definition) is 2. The van der Waals surface area contributed by atoms with E-state index in [0.717, 1.165) is 17.9 Å². The third-order valence-electron chi connectivity index (χ3n) is 5.02. The van der Waals surface area contributed by atoms with E-state index >= 15 is 0 Å². The Morgan fingerprint density at radius 1 is 1.00 bits per heavy atom. The van der Waals surface area contributed by atoms with Gasteiger partial charge in [-0.05, 0) is 30.5 Å². The van der Waals surface area contributed by atoms with Gasteiger partial charge in [0.05, 0.1) is 14.2 Å². The number of methoxy groups -OCH3 is 2. The Kier molecular flexibility index (Phi) is 5.61. The highest BCUT2D eigenvalue weighted by Gasteiger charge is 2.37. The van der Waals surface area contributed by atoms with Crippen LogP contribution in [0.2, 0.25) is 0 Å². The van der Waals surface area contributed by atoms with Crippen LogP contribution in [0.5, 0.6) is 11.5 Å². The molecule has 1 aromatic rings. The smallest absolute Gasteiger partial charge is 0.185 e. The van der Waals surface area contributed by atoms with Gasteiger partial charge in [-0.3, -0.25) is 0 Å². The number of benzene rings is 1. The predicted molar refractivity (Wildman–Crippen MR) is 89.0 cm³/mol. The van der Waals surface area contributed by atoms with Gasteiger partial charge in [-0.1, -0.05) is 19.3 Å². The van der Waals surface area contributed by atoms with E-state index in [1.807, 2.05) is 0 Å². The molecule has 0 radical (unpaired) electrons. The SMILES string of the molecule is COc1cc2c(cc1OC)C(C1CCCCC1)=[NH+]C(C)(C)C2.[Cl-]. The maximum Gasteiger partial charge on any atom is 0.185 e. The third-order valence-corrected chi connectivity index (χ3v) is 5.02. The van der Waals surface area contributed by atoms with Crippen molar-refractivity contribution in [2.75, 3.05) is 14.2 Å². The second-order valence-electron chi connectivity index (χ2n) is 7.30. The van der Waals surface area contributed by atoms with Gasteiger partial charge in [0.1, 0.15) is 0 Å². The number of rotatable bonds is 3. The summed E-state index contributed by atoms with van der Waals surface area (Å²) in [5.74, 6) is 2.32. The van der Waals surface area contributed by atoms with Crippen LogP contribution in [0.15, 0.2) is 12.1 Å². The van der Waals surface area contributed by atoms with Crippen molar-refractivity contribution in [3.05, 3.63) is 23.3 Å². The quantitative estimate of drug-likeness (QED) is 0.806. The highest BCUT2D eigenvalue weighted by Crippen LogP contribution is 2.35. The molecule has 0 amide bonds. The standard InChI is InChI=1S/C19H27NO2.ClH/c1-19(2)12-14-10-16(21-3)17(22-4)11-15(14)18(20-19)13-8-6-5-7-9-13;/h10-11,13H,5-9,12H2,1-4H3;1H. The van der Waals surface area contributed by atoms with Crippen molar-refractivity contribution in [3.63, 3.8) is 0 Å². The molecule has 23 heavy (non-hydrogen) atoms. The van der Waals surface area contributed by atoms with Crippen LogP contribution in [0, 0.1) is 5.92 Å². The van der Waals surface area contributed by atoms with Gasteiger partial charge in [0.2, 0.25) is 0 Å². The second kappa shape index (κ2) is 7.12. The van der Waals surface area contributed by atoms with Crippen molar-refractivity contribution in [1.29, 1.82) is 0 Å². The third kappa shape index (κ3) is 3.65. The summed E-state index contributed by atoms with van der Waals surface area (Å²) < 4.78 is 11.0. The molecule has 0 spiro atoms. The van der Waals surface area contributed by atoms with Gasteiger partial charge in [0.25, 0.3) is 0 Å². The van der Waals surface area contributed by atoms with E-state index in [4.69, 9.17) is 9.47 Å². The first kappa shape index (κ1) is 18.1. The Balaban J connectivity index is 0.00000192. The average Bonchev–Trinajstić information content (AvgIpc) is 2.53. The molecular formula is C19H28ClNO2. The molecule has 1 aromatic carbocycles. The number of fused-ring (bicyclic) bond motifs is 1. The molecule has 128 valence electrons. The lowest BCUT2D eigenvalue weighted by atomic mass is 9.78. The van der Waals surface area contributed by atoms with E-state index in [0.29, 0.717) is 5.92 Å². The van der Waals surface area contributed by atoms with Crippen LogP contribution in [0.25, 0.3) is 0 Å². The van der Waals surface area contributed by atoms with Gasteiger partial charge in [-0.15, -0.1) is 0 Å². The molecule has 0 saturated heterocycles. The topological polar surface area (TPSA) is 32.4 Å². The first-order valence-corrected chi connectivity index (χ1v) is 8.44.